The Morgan fingerprint density at radius 2 is 2.20 bits per heavy atom. The van der Waals surface area contributed by atoms with Crippen LogP contribution in [0, 0.1) is 0 Å². The maximum Gasteiger partial charge on any atom is 0.250 e. The molecule has 4 nitrogen and oxygen atoms in total. The van der Waals surface area contributed by atoms with Gasteiger partial charge >= 0.3 is 0 Å². The van der Waals surface area contributed by atoms with Crippen LogP contribution in [0.25, 0.3) is 0 Å². The zero-order valence-electron chi connectivity index (χ0n) is 12.0. The lowest BCUT2D eigenvalue weighted by Gasteiger charge is -2.42. The summed E-state index contributed by atoms with van der Waals surface area (Å²) in [4.78, 5) is 14.1. The van der Waals surface area contributed by atoms with Crippen molar-refractivity contribution in [2.75, 3.05) is 18.0 Å². The molecule has 0 aliphatic carbocycles. The molecule has 0 aromatic heterocycles. The molecule has 1 aliphatic rings. The van der Waals surface area contributed by atoms with Gasteiger partial charge < -0.3 is 16.0 Å². The highest BCUT2D eigenvalue weighted by Gasteiger charge is 2.28. The Labute approximate surface area is 128 Å². The third-order valence-electron chi connectivity index (χ3n) is 4.00. The molecule has 2 rings (SSSR count). The number of primary amides is 1. The van der Waals surface area contributed by atoms with E-state index >= 15 is 0 Å². The third kappa shape index (κ3) is 3.15. The van der Waals surface area contributed by atoms with Gasteiger partial charge in [-0.15, -0.1) is 0 Å². The first-order valence-corrected chi connectivity index (χ1v) is 7.95. The quantitative estimate of drug-likeness (QED) is 0.886. The molecule has 1 saturated heterocycles. The number of anilines is 1. The van der Waals surface area contributed by atoms with Crippen molar-refractivity contribution in [3.8, 4) is 0 Å². The van der Waals surface area contributed by atoms with Crippen molar-refractivity contribution >= 4 is 27.5 Å². The standard InChI is InChI=1S/C15H22BrN3O/c1-3-11-9-19(12(4-2)8-18-11)14-6-5-10(16)7-13(14)15(17)20/h5-7,11-12,18H,3-4,8-9H2,1-2H3,(H2,17,20). The summed E-state index contributed by atoms with van der Waals surface area (Å²) in [5.41, 5.74) is 7.09. The second-order valence-corrected chi connectivity index (χ2v) is 6.17. The highest BCUT2D eigenvalue weighted by Crippen LogP contribution is 2.28. The van der Waals surface area contributed by atoms with Crippen LogP contribution in [-0.4, -0.2) is 31.1 Å². The number of carbonyl (C=O) groups excluding carboxylic acids is 1. The second-order valence-electron chi connectivity index (χ2n) is 5.25. The van der Waals surface area contributed by atoms with Crippen LogP contribution >= 0.6 is 15.9 Å². The van der Waals surface area contributed by atoms with Crippen LogP contribution in [0.5, 0.6) is 0 Å². The fraction of sp³-hybridized carbons (Fsp3) is 0.533. The number of piperazine rings is 1. The molecule has 5 heteroatoms. The minimum absolute atomic E-state index is 0.372. The molecule has 2 unspecified atom stereocenters. The first-order chi connectivity index (χ1) is 9.56. The Kier molecular flexibility index (Phi) is 5.05. The predicted octanol–water partition coefficient (Wildman–Crippen LogP) is 2.51. The highest BCUT2D eigenvalue weighted by atomic mass is 79.9. The first kappa shape index (κ1) is 15.3. The van der Waals surface area contributed by atoms with Gasteiger partial charge in [0.1, 0.15) is 0 Å². The maximum atomic E-state index is 11.7. The van der Waals surface area contributed by atoms with E-state index < -0.39 is 0 Å². The van der Waals surface area contributed by atoms with Crippen LogP contribution in [0.1, 0.15) is 37.0 Å². The Bertz CT molecular complexity index is 492. The van der Waals surface area contributed by atoms with Gasteiger partial charge in [0, 0.05) is 35.3 Å². The summed E-state index contributed by atoms with van der Waals surface area (Å²) in [6, 6.07) is 6.63. The van der Waals surface area contributed by atoms with Crippen LogP contribution in [0.3, 0.4) is 0 Å². The topological polar surface area (TPSA) is 58.4 Å². The van der Waals surface area contributed by atoms with E-state index in [4.69, 9.17) is 5.73 Å². The van der Waals surface area contributed by atoms with Crippen molar-refractivity contribution in [3.63, 3.8) is 0 Å². The van der Waals surface area contributed by atoms with Crippen molar-refractivity contribution < 1.29 is 4.79 Å². The lowest BCUT2D eigenvalue weighted by Crippen LogP contribution is -2.56. The van der Waals surface area contributed by atoms with E-state index in [2.05, 4.69) is 40.0 Å². The molecule has 3 N–H and O–H groups in total. The molecule has 1 aliphatic heterocycles. The number of carbonyl (C=O) groups is 1. The predicted molar refractivity (Wildman–Crippen MR) is 86.2 cm³/mol. The molecule has 1 fully saturated rings. The summed E-state index contributed by atoms with van der Waals surface area (Å²) in [5, 5.41) is 3.56. The van der Waals surface area contributed by atoms with Gasteiger partial charge in [-0.3, -0.25) is 4.79 Å². The zero-order chi connectivity index (χ0) is 14.7. The second kappa shape index (κ2) is 6.59. The van der Waals surface area contributed by atoms with Gasteiger partial charge in [-0.1, -0.05) is 29.8 Å². The number of rotatable bonds is 4. The maximum absolute atomic E-state index is 11.7. The molecule has 1 aromatic carbocycles. The summed E-state index contributed by atoms with van der Waals surface area (Å²) in [5.74, 6) is -0.372. The summed E-state index contributed by atoms with van der Waals surface area (Å²) >= 11 is 3.41. The average molecular weight is 340 g/mol. The van der Waals surface area contributed by atoms with E-state index in [1.165, 1.54) is 0 Å². The van der Waals surface area contributed by atoms with Crippen molar-refractivity contribution in [2.45, 2.75) is 38.8 Å². The molecule has 0 radical (unpaired) electrons. The minimum atomic E-state index is -0.372. The van der Waals surface area contributed by atoms with Crippen LogP contribution in [0.2, 0.25) is 0 Å². The summed E-state index contributed by atoms with van der Waals surface area (Å²) in [6.45, 7) is 6.22. The third-order valence-corrected chi connectivity index (χ3v) is 4.49. The number of amides is 1. The number of hydrogen-bond acceptors (Lipinski definition) is 3. The van der Waals surface area contributed by atoms with Crippen molar-refractivity contribution in [3.05, 3.63) is 28.2 Å². The lowest BCUT2D eigenvalue weighted by atomic mass is 10.0. The van der Waals surface area contributed by atoms with E-state index in [0.717, 1.165) is 36.1 Å². The molecule has 1 aromatic rings. The van der Waals surface area contributed by atoms with Crippen LogP contribution in [0.4, 0.5) is 5.69 Å². The van der Waals surface area contributed by atoms with E-state index in [1.54, 1.807) is 0 Å². The molecular weight excluding hydrogens is 318 g/mol. The molecule has 0 saturated carbocycles. The van der Waals surface area contributed by atoms with Gasteiger partial charge in [-0.2, -0.15) is 0 Å². The summed E-state index contributed by atoms with van der Waals surface area (Å²) in [6.07, 6.45) is 2.12. The Hall–Kier alpha value is -1.07. The van der Waals surface area contributed by atoms with Gasteiger partial charge in [0.25, 0.3) is 5.91 Å². The van der Waals surface area contributed by atoms with Gasteiger partial charge in [0.2, 0.25) is 0 Å². The van der Waals surface area contributed by atoms with E-state index in [-0.39, 0.29) is 5.91 Å². The Morgan fingerprint density at radius 3 is 2.80 bits per heavy atom. The fourth-order valence-corrected chi connectivity index (χ4v) is 3.11. The molecule has 2 atom stereocenters. The number of nitrogens with two attached hydrogens (primary N) is 1. The lowest BCUT2D eigenvalue weighted by molar-refractivity contribution is 0.100. The van der Waals surface area contributed by atoms with Gasteiger partial charge in [0.05, 0.1) is 5.56 Å². The minimum Gasteiger partial charge on any atom is -0.366 e. The SMILES string of the molecule is CCC1CN(c2ccc(Br)cc2C(N)=O)C(CC)CN1. The van der Waals surface area contributed by atoms with Crippen LogP contribution < -0.4 is 16.0 Å². The first-order valence-electron chi connectivity index (χ1n) is 7.16. The molecule has 0 spiro atoms. The molecule has 0 bridgehead atoms. The monoisotopic (exact) mass is 339 g/mol. The number of halogens is 1. The van der Waals surface area contributed by atoms with Crippen molar-refractivity contribution in [1.82, 2.24) is 5.32 Å². The van der Waals surface area contributed by atoms with Crippen LogP contribution in [0.15, 0.2) is 22.7 Å². The molecule has 1 heterocycles. The molecule has 20 heavy (non-hydrogen) atoms. The Balaban J connectivity index is 2.38. The van der Waals surface area contributed by atoms with Gasteiger partial charge in [0.15, 0.2) is 0 Å². The van der Waals surface area contributed by atoms with Crippen molar-refractivity contribution in [1.29, 1.82) is 0 Å². The zero-order valence-corrected chi connectivity index (χ0v) is 13.6. The van der Waals surface area contributed by atoms with Crippen molar-refractivity contribution in [2.24, 2.45) is 5.73 Å². The number of benzene rings is 1. The van der Waals surface area contributed by atoms with E-state index in [1.807, 2.05) is 18.2 Å². The molecule has 110 valence electrons. The smallest absolute Gasteiger partial charge is 0.250 e. The summed E-state index contributed by atoms with van der Waals surface area (Å²) in [7, 11) is 0. The van der Waals surface area contributed by atoms with Gasteiger partial charge in [-0.25, -0.2) is 0 Å². The number of nitrogens with one attached hydrogen (secondary N) is 1. The highest BCUT2D eigenvalue weighted by molar-refractivity contribution is 9.10. The average Bonchev–Trinajstić information content (AvgIpc) is 2.46. The Morgan fingerprint density at radius 1 is 1.45 bits per heavy atom. The molecular formula is C15H22BrN3O. The summed E-state index contributed by atoms with van der Waals surface area (Å²) < 4.78 is 0.880. The largest absolute Gasteiger partial charge is 0.366 e. The van der Waals surface area contributed by atoms with Gasteiger partial charge in [-0.05, 0) is 31.0 Å². The van der Waals surface area contributed by atoms with Crippen LogP contribution in [-0.2, 0) is 0 Å². The van der Waals surface area contributed by atoms with E-state index in [9.17, 15) is 4.79 Å². The van der Waals surface area contributed by atoms with E-state index in [0.29, 0.717) is 17.6 Å². The number of hydrogen-bond donors (Lipinski definition) is 2. The number of nitrogens with zero attached hydrogens (tertiary/aromatic N) is 1. The fourth-order valence-electron chi connectivity index (χ4n) is 2.75. The normalized spacial score (nSPS) is 22.9. The molecule has 1 amide bonds.